The summed E-state index contributed by atoms with van der Waals surface area (Å²) in [5.74, 6) is -0.114. The first-order valence-corrected chi connectivity index (χ1v) is 12.0. The Morgan fingerprint density at radius 3 is 2.57 bits per heavy atom. The van der Waals surface area contributed by atoms with Crippen molar-refractivity contribution >= 4 is 40.4 Å². The van der Waals surface area contributed by atoms with E-state index in [2.05, 4.69) is 15.5 Å². The van der Waals surface area contributed by atoms with Gasteiger partial charge in [0.15, 0.2) is 6.61 Å². The summed E-state index contributed by atoms with van der Waals surface area (Å²) >= 11 is 5.87. The number of phenolic OH excluding ortho intramolecular Hbond substituents is 1. The number of nitrogens with one attached hydrogen (secondary N) is 1. The Hall–Kier alpha value is -4.43. The van der Waals surface area contributed by atoms with Gasteiger partial charge in [-0.15, -0.1) is 0 Å². The fourth-order valence-corrected chi connectivity index (χ4v) is 3.90. The Balaban J connectivity index is 1.44. The van der Waals surface area contributed by atoms with Crippen LogP contribution in [0.2, 0.25) is 5.02 Å². The van der Waals surface area contributed by atoms with E-state index >= 15 is 0 Å². The molecule has 0 saturated heterocycles. The second-order valence-electron chi connectivity index (χ2n) is 8.12. The number of aromatic nitrogens is 1. The van der Waals surface area contributed by atoms with E-state index in [1.807, 2.05) is 49.4 Å². The maximum absolute atomic E-state index is 12.8. The van der Waals surface area contributed by atoms with Gasteiger partial charge >= 0.3 is 0 Å². The molecular formula is C28H25ClN4O4. The molecule has 0 saturated carbocycles. The second-order valence-corrected chi connectivity index (χ2v) is 8.52. The molecule has 0 bridgehead atoms. The Kier molecular flexibility index (Phi) is 8.33. The van der Waals surface area contributed by atoms with Gasteiger partial charge in [0.2, 0.25) is 0 Å². The molecule has 0 unspecified atom stereocenters. The zero-order chi connectivity index (χ0) is 26.2. The van der Waals surface area contributed by atoms with Crippen LogP contribution in [0.3, 0.4) is 0 Å². The molecule has 0 spiro atoms. The summed E-state index contributed by atoms with van der Waals surface area (Å²) in [6, 6.07) is 19.1. The standard InChI is InChI=1S/C28H25ClN4O4/c1-2-33(17-19-11-13-30-14-12-19)27(35)18-37-26-10-8-21(22-5-3-4-6-23(22)26)16-31-32-28(36)20-7-9-25(34)24(29)15-20/h3-16,34H,2,17-18H2,1H3,(H,32,36). The van der Waals surface area contributed by atoms with E-state index in [1.165, 1.54) is 24.4 Å². The molecule has 4 aromatic rings. The minimum Gasteiger partial charge on any atom is -0.506 e. The summed E-state index contributed by atoms with van der Waals surface area (Å²) in [6.45, 7) is 2.88. The molecule has 3 aromatic carbocycles. The summed E-state index contributed by atoms with van der Waals surface area (Å²) in [5.41, 5.74) is 4.48. The molecule has 0 aliphatic rings. The van der Waals surface area contributed by atoms with E-state index in [1.54, 1.807) is 23.4 Å². The van der Waals surface area contributed by atoms with Crippen molar-refractivity contribution in [1.82, 2.24) is 15.3 Å². The molecule has 0 fully saturated rings. The number of phenols is 1. The minimum absolute atomic E-state index is 0.0797. The van der Waals surface area contributed by atoms with Gasteiger partial charge in [0.1, 0.15) is 11.5 Å². The smallest absolute Gasteiger partial charge is 0.271 e. The predicted molar refractivity (Wildman–Crippen MR) is 143 cm³/mol. The van der Waals surface area contributed by atoms with E-state index in [-0.39, 0.29) is 28.8 Å². The highest BCUT2D eigenvalue weighted by molar-refractivity contribution is 6.32. The third kappa shape index (κ3) is 6.42. The van der Waals surface area contributed by atoms with Crippen LogP contribution in [0.1, 0.15) is 28.4 Å². The monoisotopic (exact) mass is 516 g/mol. The number of likely N-dealkylation sites (N-methyl/N-ethyl adjacent to an activating group) is 1. The maximum Gasteiger partial charge on any atom is 0.271 e. The molecule has 0 aliphatic carbocycles. The van der Waals surface area contributed by atoms with E-state index < -0.39 is 5.91 Å². The summed E-state index contributed by atoms with van der Waals surface area (Å²) < 4.78 is 5.93. The lowest BCUT2D eigenvalue weighted by Gasteiger charge is -2.21. The van der Waals surface area contributed by atoms with Crippen LogP contribution in [-0.2, 0) is 11.3 Å². The Morgan fingerprint density at radius 2 is 1.84 bits per heavy atom. The number of benzene rings is 3. The van der Waals surface area contributed by atoms with Crippen molar-refractivity contribution in [3.05, 3.63) is 101 Å². The number of ether oxygens (including phenoxy) is 1. The Labute approximate surface area is 219 Å². The zero-order valence-electron chi connectivity index (χ0n) is 20.1. The highest BCUT2D eigenvalue weighted by atomic mass is 35.5. The molecule has 0 radical (unpaired) electrons. The lowest BCUT2D eigenvalue weighted by Crippen LogP contribution is -2.34. The van der Waals surface area contributed by atoms with Crippen molar-refractivity contribution in [2.24, 2.45) is 5.10 Å². The van der Waals surface area contributed by atoms with Crippen LogP contribution >= 0.6 is 11.6 Å². The summed E-state index contributed by atoms with van der Waals surface area (Å²) in [4.78, 5) is 30.9. The lowest BCUT2D eigenvalue weighted by molar-refractivity contribution is -0.133. The van der Waals surface area contributed by atoms with Gasteiger partial charge < -0.3 is 14.7 Å². The van der Waals surface area contributed by atoms with Gasteiger partial charge in [-0.3, -0.25) is 14.6 Å². The SMILES string of the molecule is CCN(Cc1ccncc1)C(=O)COc1ccc(C=NNC(=O)c2ccc(O)c(Cl)c2)c2ccccc12. The molecule has 1 heterocycles. The first kappa shape index (κ1) is 25.7. The van der Waals surface area contributed by atoms with Gasteiger partial charge in [0.25, 0.3) is 11.8 Å². The molecule has 37 heavy (non-hydrogen) atoms. The molecule has 188 valence electrons. The second kappa shape index (κ2) is 12.0. The van der Waals surface area contributed by atoms with Crippen molar-refractivity contribution in [3.8, 4) is 11.5 Å². The minimum atomic E-state index is -0.465. The normalized spacial score (nSPS) is 11.0. The average Bonchev–Trinajstić information content (AvgIpc) is 2.92. The summed E-state index contributed by atoms with van der Waals surface area (Å²) in [6.07, 6.45) is 4.94. The first-order chi connectivity index (χ1) is 18.0. The van der Waals surface area contributed by atoms with Crippen LogP contribution in [0.5, 0.6) is 11.5 Å². The van der Waals surface area contributed by atoms with Crippen LogP contribution in [0.25, 0.3) is 10.8 Å². The third-order valence-corrected chi connectivity index (χ3v) is 6.01. The fraction of sp³-hybridized carbons (Fsp3) is 0.143. The predicted octanol–water partition coefficient (Wildman–Crippen LogP) is 4.79. The number of carbonyl (C=O) groups is 2. The van der Waals surface area contributed by atoms with Gasteiger partial charge in [-0.25, -0.2) is 5.43 Å². The molecule has 2 N–H and O–H groups in total. The van der Waals surface area contributed by atoms with Crippen molar-refractivity contribution in [1.29, 1.82) is 0 Å². The zero-order valence-corrected chi connectivity index (χ0v) is 20.9. The van der Waals surface area contributed by atoms with Gasteiger partial charge in [-0.1, -0.05) is 35.9 Å². The molecule has 2 amide bonds. The van der Waals surface area contributed by atoms with Gasteiger partial charge in [0.05, 0.1) is 11.2 Å². The number of pyridine rings is 1. The van der Waals surface area contributed by atoms with Crippen LogP contribution < -0.4 is 10.2 Å². The number of nitrogens with zero attached hydrogens (tertiary/aromatic N) is 3. The number of halogens is 1. The highest BCUT2D eigenvalue weighted by Gasteiger charge is 2.14. The number of aromatic hydroxyl groups is 1. The van der Waals surface area contributed by atoms with Crippen molar-refractivity contribution in [2.75, 3.05) is 13.2 Å². The maximum atomic E-state index is 12.8. The number of fused-ring (bicyclic) bond motifs is 1. The fourth-order valence-electron chi connectivity index (χ4n) is 3.72. The Morgan fingerprint density at radius 1 is 1.08 bits per heavy atom. The lowest BCUT2D eigenvalue weighted by atomic mass is 10.0. The number of hydrogen-bond donors (Lipinski definition) is 2. The summed E-state index contributed by atoms with van der Waals surface area (Å²) in [5, 5.41) is 15.3. The Bertz CT molecular complexity index is 1440. The van der Waals surface area contributed by atoms with E-state index in [4.69, 9.17) is 16.3 Å². The molecular weight excluding hydrogens is 492 g/mol. The number of carbonyl (C=O) groups excluding carboxylic acids is 2. The molecule has 0 atom stereocenters. The van der Waals surface area contributed by atoms with Crippen LogP contribution in [-0.4, -0.2) is 46.2 Å². The molecule has 4 rings (SSSR count). The molecule has 8 nitrogen and oxygen atoms in total. The van der Waals surface area contributed by atoms with E-state index in [0.717, 1.165) is 21.9 Å². The number of amides is 2. The van der Waals surface area contributed by atoms with Crippen LogP contribution in [0.15, 0.2) is 84.2 Å². The summed E-state index contributed by atoms with van der Waals surface area (Å²) in [7, 11) is 0. The van der Waals surface area contributed by atoms with Gasteiger partial charge in [0, 0.05) is 42.0 Å². The third-order valence-electron chi connectivity index (χ3n) is 5.71. The van der Waals surface area contributed by atoms with Crippen molar-refractivity contribution in [2.45, 2.75) is 13.5 Å². The molecule has 0 aliphatic heterocycles. The van der Waals surface area contributed by atoms with Crippen molar-refractivity contribution < 1.29 is 19.4 Å². The van der Waals surface area contributed by atoms with Crippen molar-refractivity contribution in [3.63, 3.8) is 0 Å². The topological polar surface area (TPSA) is 104 Å². The van der Waals surface area contributed by atoms with E-state index in [0.29, 0.717) is 18.8 Å². The first-order valence-electron chi connectivity index (χ1n) is 11.6. The number of rotatable bonds is 9. The molecule has 1 aromatic heterocycles. The number of hydrogen-bond acceptors (Lipinski definition) is 6. The average molecular weight is 517 g/mol. The van der Waals surface area contributed by atoms with Gasteiger partial charge in [-0.05, 0) is 60.3 Å². The van der Waals surface area contributed by atoms with Crippen LogP contribution in [0.4, 0.5) is 0 Å². The largest absolute Gasteiger partial charge is 0.506 e. The van der Waals surface area contributed by atoms with Gasteiger partial charge in [-0.2, -0.15) is 5.10 Å². The highest BCUT2D eigenvalue weighted by Crippen LogP contribution is 2.28. The van der Waals surface area contributed by atoms with Crippen LogP contribution in [0, 0.1) is 0 Å². The molecule has 9 heteroatoms. The van der Waals surface area contributed by atoms with E-state index in [9.17, 15) is 14.7 Å². The number of hydrazone groups is 1. The quantitative estimate of drug-likeness (QED) is 0.246.